The summed E-state index contributed by atoms with van der Waals surface area (Å²) < 4.78 is 1.08. The molecule has 2 aromatic rings. The van der Waals surface area contributed by atoms with Gasteiger partial charge in [0.15, 0.2) is 0 Å². The normalized spacial score (nSPS) is 14.4. The van der Waals surface area contributed by atoms with Crippen molar-refractivity contribution in [3.8, 4) is 0 Å². The second kappa shape index (κ2) is 5.97. The van der Waals surface area contributed by atoms with Crippen molar-refractivity contribution in [2.24, 2.45) is 0 Å². The maximum Gasteiger partial charge on any atom is 0.1000 e. The van der Waals surface area contributed by atoms with Crippen LogP contribution in [0.4, 0.5) is 0 Å². The van der Waals surface area contributed by atoms with E-state index in [4.69, 9.17) is 0 Å². The van der Waals surface area contributed by atoms with Crippen LogP contribution >= 0.6 is 27.3 Å². The third kappa shape index (κ3) is 3.65. The molecule has 0 aliphatic heterocycles. The van der Waals surface area contributed by atoms with Gasteiger partial charge in [-0.15, -0.1) is 0 Å². The van der Waals surface area contributed by atoms with E-state index >= 15 is 0 Å². The van der Waals surface area contributed by atoms with Crippen LogP contribution in [0.1, 0.15) is 18.1 Å². The molecule has 0 aliphatic rings. The lowest BCUT2D eigenvalue weighted by molar-refractivity contribution is 0.0571. The topological polar surface area (TPSA) is 32.3 Å². The third-order valence-corrected chi connectivity index (χ3v) is 4.01. The van der Waals surface area contributed by atoms with Gasteiger partial charge < -0.3 is 10.4 Å². The van der Waals surface area contributed by atoms with Gasteiger partial charge in [0.25, 0.3) is 0 Å². The molecule has 0 fully saturated rings. The van der Waals surface area contributed by atoms with Crippen LogP contribution in [0.3, 0.4) is 0 Å². The largest absolute Gasteiger partial charge is 0.384 e. The Kier molecular flexibility index (Phi) is 4.56. The average Bonchev–Trinajstić information content (AvgIpc) is 2.83. The molecule has 2 rings (SSSR count). The first-order valence-corrected chi connectivity index (χ1v) is 7.52. The van der Waals surface area contributed by atoms with Gasteiger partial charge in [-0.05, 0) is 47.0 Å². The Morgan fingerprint density at radius 1 is 1.39 bits per heavy atom. The minimum atomic E-state index is -0.813. The zero-order valence-corrected chi connectivity index (χ0v) is 12.6. The molecular formula is C14H16BrNOS. The smallest absolute Gasteiger partial charge is 0.1000 e. The van der Waals surface area contributed by atoms with Crippen molar-refractivity contribution in [2.45, 2.75) is 19.1 Å². The lowest BCUT2D eigenvalue weighted by Gasteiger charge is -2.23. The van der Waals surface area contributed by atoms with Crippen LogP contribution in [0.15, 0.2) is 45.6 Å². The van der Waals surface area contributed by atoms with Crippen molar-refractivity contribution < 1.29 is 5.11 Å². The van der Waals surface area contributed by atoms with Gasteiger partial charge in [0.2, 0.25) is 0 Å². The minimum absolute atomic E-state index is 0.538. The van der Waals surface area contributed by atoms with E-state index in [1.165, 1.54) is 5.56 Å². The molecule has 1 unspecified atom stereocenters. The van der Waals surface area contributed by atoms with E-state index in [0.717, 1.165) is 16.6 Å². The summed E-state index contributed by atoms with van der Waals surface area (Å²) in [5.74, 6) is 0. The van der Waals surface area contributed by atoms with Gasteiger partial charge in [-0.3, -0.25) is 0 Å². The van der Waals surface area contributed by atoms with E-state index in [1.54, 1.807) is 11.3 Å². The number of halogens is 1. The van der Waals surface area contributed by atoms with Crippen LogP contribution in [0, 0.1) is 0 Å². The molecule has 0 amide bonds. The number of hydrogen-bond donors (Lipinski definition) is 2. The maximum absolute atomic E-state index is 10.3. The molecule has 1 aromatic heterocycles. The Hall–Kier alpha value is -0.680. The number of nitrogens with one attached hydrogen (secondary N) is 1. The summed E-state index contributed by atoms with van der Waals surface area (Å²) in [5, 5.41) is 17.6. The zero-order chi connectivity index (χ0) is 13.0. The Morgan fingerprint density at radius 3 is 2.89 bits per heavy atom. The van der Waals surface area contributed by atoms with E-state index in [9.17, 15) is 5.11 Å². The fraction of sp³-hybridized carbons (Fsp3) is 0.286. The Balaban J connectivity index is 1.89. The molecule has 2 nitrogen and oxygen atoms in total. The van der Waals surface area contributed by atoms with Crippen LogP contribution in [0.5, 0.6) is 0 Å². The summed E-state index contributed by atoms with van der Waals surface area (Å²) >= 11 is 5.05. The summed E-state index contributed by atoms with van der Waals surface area (Å²) in [6, 6.07) is 10.1. The standard InChI is InChI=1S/C14H16BrNOS/c1-14(17,12-5-6-18-9-12)10-16-8-11-3-2-4-13(15)7-11/h2-7,9,16-17H,8,10H2,1H3. The van der Waals surface area contributed by atoms with Crippen LogP contribution in [-0.2, 0) is 12.1 Å². The predicted octanol–water partition coefficient (Wildman–Crippen LogP) is 3.51. The molecule has 1 aromatic carbocycles. The second-order valence-electron chi connectivity index (χ2n) is 4.52. The van der Waals surface area contributed by atoms with Gasteiger partial charge in [0.05, 0.1) is 5.60 Å². The van der Waals surface area contributed by atoms with Crippen LogP contribution < -0.4 is 5.32 Å². The van der Waals surface area contributed by atoms with Gasteiger partial charge in [0.1, 0.15) is 0 Å². The summed E-state index contributed by atoms with van der Waals surface area (Å²) in [7, 11) is 0. The van der Waals surface area contributed by atoms with E-state index in [0.29, 0.717) is 6.54 Å². The molecule has 0 radical (unpaired) electrons. The molecule has 2 N–H and O–H groups in total. The zero-order valence-electron chi connectivity index (χ0n) is 10.2. The predicted molar refractivity (Wildman–Crippen MR) is 79.7 cm³/mol. The molecule has 18 heavy (non-hydrogen) atoms. The highest BCUT2D eigenvalue weighted by molar-refractivity contribution is 9.10. The molecule has 4 heteroatoms. The summed E-state index contributed by atoms with van der Waals surface area (Å²) in [6.45, 7) is 3.12. The Morgan fingerprint density at radius 2 is 2.22 bits per heavy atom. The average molecular weight is 326 g/mol. The first-order chi connectivity index (χ1) is 8.58. The van der Waals surface area contributed by atoms with E-state index in [1.807, 2.05) is 35.9 Å². The maximum atomic E-state index is 10.3. The van der Waals surface area contributed by atoms with Crippen LogP contribution in [0.2, 0.25) is 0 Å². The van der Waals surface area contributed by atoms with Gasteiger partial charge in [-0.1, -0.05) is 28.1 Å². The van der Waals surface area contributed by atoms with Crippen LogP contribution in [-0.4, -0.2) is 11.7 Å². The molecule has 96 valence electrons. The van der Waals surface area contributed by atoms with Crippen molar-refractivity contribution >= 4 is 27.3 Å². The number of hydrogen-bond acceptors (Lipinski definition) is 3. The number of rotatable bonds is 5. The fourth-order valence-corrected chi connectivity index (χ4v) is 3.00. The summed E-state index contributed by atoms with van der Waals surface area (Å²) in [6.07, 6.45) is 0. The molecule has 1 atom stereocenters. The Labute approximate surface area is 120 Å². The number of benzene rings is 1. The lowest BCUT2D eigenvalue weighted by atomic mass is 9.99. The van der Waals surface area contributed by atoms with Crippen LogP contribution in [0.25, 0.3) is 0 Å². The molecule has 1 heterocycles. The van der Waals surface area contributed by atoms with Gasteiger partial charge >= 0.3 is 0 Å². The molecule has 0 saturated heterocycles. The van der Waals surface area contributed by atoms with Crippen molar-refractivity contribution in [3.05, 3.63) is 56.7 Å². The number of thiophene rings is 1. The van der Waals surface area contributed by atoms with Gasteiger partial charge in [0, 0.05) is 17.6 Å². The minimum Gasteiger partial charge on any atom is -0.384 e. The molecule has 0 spiro atoms. The summed E-state index contributed by atoms with van der Waals surface area (Å²) in [5.41, 5.74) is 1.35. The quantitative estimate of drug-likeness (QED) is 0.881. The molecule has 0 saturated carbocycles. The van der Waals surface area contributed by atoms with Crippen molar-refractivity contribution in [3.63, 3.8) is 0 Å². The van der Waals surface area contributed by atoms with Gasteiger partial charge in [-0.2, -0.15) is 11.3 Å². The first-order valence-electron chi connectivity index (χ1n) is 5.78. The number of aliphatic hydroxyl groups is 1. The summed E-state index contributed by atoms with van der Waals surface area (Å²) in [4.78, 5) is 0. The van der Waals surface area contributed by atoms with Crippen molar-refractivity contribution in [2.75, 3.05) is 6.54 Å². The lowest BCUT2D eigenvalue weighted by Crippen LogP contribution is -2.34. The van der Waals surface area contributed by atoms with E-state index in [-0.39, 0.29) is 0 Å². The second-order valence-corrected chi connectivity index (χ2v) is 6.22. The first kappa shape index (κ1) is 13.7. The highest BCUT2D eigenvalue weighted by atomic mass is 79.9. The van der Waals surface area contributed by atoms with Crippen molar-refractivity contribution in [1.29, 1.82) is 0 Å². The highest BCUT2D eigenvalue weighted by Crippen LogP contribution is 2.22. The Bertz CT molecular complexity index is 496. The monoisotopic (exact) mass is 325 g/mol. The fourth-order valence-electron chi connectivity index (χ4n) is 1.77. The SMILES string of the molecule is CC(O)(CNCc1cccc(Br)c1)c1ccsc1. The third-order valence-electron chi connectivity index (χ3n) is 2.83. The van der Waals surface area contributed by atoms with Crippen molar-refractivity contribution in [1.82, 2.24) is 5.32 Å². The molecule has 0 bridgehead atoms. The van der Waals surface area contributed by atoms with Gasteiger partial charge in [-0.25, -0.2) is 0 Å². The molecular weight excluding hydrogens is 310 g/mol. The highest BCUT2D eigenvalue weighted by Gasteiger charge is 2.22. The van der Waals surface area contributed by atoms with E-state index < -0.39 is 5.60 Å². The molecule has 0 aliphatic carbocycles. The van der Waals surface area contributed by atoms with E-state index in [2.05, 4.69) is 33.4 Å².